The highest BCUT2D eigenvalue weighted by molar-refractivity contribution is 7.17. The van der Waals surface area contributed by atoms with Crippen LogP contribution in [0.5, 0.6) is 0 Å². The van der Waals surface area contributed by atoms with Crippen LogP contribution in [0.4, 0.5) is 4.39 Å². The molecule has 5 rings (SSSR count). The van der Waals surface area contributed by atoms with Crippen LogP contribution < -0.4 is 0 Å². The maximum atomic E-state index is 13.1. The molecule has 4 aromatic heterocycles. The third-order valence-corrected chi connectivity index (χ3v) is 5.67. The Kier molecular flexibility index (Phi) is 3.61. The molecule has 4 heterocycles. The Bertz CT molecular complexity index is 1170. The van der Waals surface area contributed by atoms with Gasteiger partial charge in [0.25, 0.3) is 0 Å². The van der Waals surface area contributed by atoms with Gasteiger partial charge in [-0.2, -0.15) is 14.7 Å². The number of H-pyrrole nitrogens is 1. The molecule has 0 saturated carbocycles. The molecule has 0 aliphatic heterocycles. The fourth-order valence-corrected chi connectivity index (χ4v) is 4.32. The Labute approximate surface area is 155 Å². The van der Waals surface area contributed by atoms with Crippen LogP contribution in [0.25, 0.3) is 27.7 Å². The minimum atomic E-state index is -0.274. The van der Waals surface area contributed by atoms with Gasteiger partial charge in [-0.15, -0.1) is 21.5 Å². The number of fused-ring (bicyclic) bond motifs is 1. The lowest BCUT2D eigenvalue weighted by Gasteiger charge is -1.94. The number of rotatable bonds is 4. The van der Waals surface area contributed by atoms with Crippen LogP contribution in [0, 0.1) is 5.82 Å². The van der Waals surface area contributed by atoms with Crippen LogP contribution >= 0.6 is 22.7 Å². The van der Waals surface area contributed by atoms with Crippen molar-refractivity contribution in [2.45, 2.75) is 6.42 Å². The van der Waals surface area contributed by atoms with E-state index in [1.165, 1.54) is 28.3 Å². The summed E-state index contributed by atoms with van der Waals surface area (Å²) in [4.78, 5) is 2.00. The van der Waals surface area contributed by atoms with E-state index in [9.17, 15) is 4.39 Å². The van der Waals surface area contributed by atoms with Crippen molar-refractivity contribution in [1.29, 1.82) is 0 Å². The van der Waals surface area contributed by atoms with Crippen molar-refractivity contribution in [3.63, 3.8) is 0 Å². The van der Waals surface area contributed by atoms with E-state index in [2.05, 4.69) is 36.9 Å². The number of aromatic amines is 1. The van der Waals surface area contributed by atoms with Gasteiger partial charge in [0.05, 0.1) is 5.69 Å². The lowest BCUT2D eigenvalue weighted by Crippen LogP contribution is -1.93. The third-order valence-electron chi connectivity index (χ3n) is 3.90. The van der Waals surface area contributed by atoms with Gasteiger partial charge in [0.15, 0.2) is 0 Å². The van der Waals surface area contributed by atoms with Gasteiger partial charge in [0.1, 0.15) is 16.5 Å². The number of nitrogens with zero attached hydrogens (tertiary/aromatic N) is 5. The number of hydrogen-bond donors (Lipinski definition) is 1. The SMILES string of the molecule is Fc1ccc(-c2cc(-c3nnc4sc(Cc5cccs5)nn34)[nH]n2)cc1. The van der Waals surface area contributed by atoms with Crippen LogP contribution in [0.3, 0.4) is 0 Å². The zero-order valence-electron chi connectivity index (χ0n) is 13.3. The Morgan fingerprint density at radius 3 is 2.81 bits per heavy atom. The van der Waals surface area contributed by atoms with Gasteiger partial charge < -0.3 is 0 Å². The van der Waals surface area contributed by atoms with Gasteiger partial charge in [-0.05, 0) is 41.8 Å². The number of halogens is 1. The summed E-state index contributed by atoms with van der Waals surface area (Å²) in [5.74, 6) is 0.332. The molecule has 0 radical (unpaired) electrons. The molecule has 0 atom stereocenters. The molecule has 0 spiro atoms. The third kappa shape index (κ3) is 2.71. The molecule has 128 valence electrons. The molecule has 5 aromatic rings. The first kappa shape index (κ1) is 15.4. The summed E-state index contributed by atoms with van der Waals surface area (Å²) in [5.41, 5.74) is 2.25. The normalized spacial score (nSPS) is 11.4. The first-order chi connectivity index (χ1) is 12.8. The topological polar surface area (TPSA) is 71.8 Å². The van der Waals surface area contributed by atoms with E-state index in [0.29, 0.717) is 17.2 Å². The standard InChI is InChI=1S/C17H11FN6S2/c18-11-5-3-10(4-6-11)13-9-14(20-19-13)16-21-22-17-24(16)23-15(26-17)8-12-2-1-7-25-12/h1-7,9H,8H2,(H,19,20). The van der Waals surface area contributed by atoms with Gasteiger partial charge in [-0.1, -0.05) is 17.4 Å². The van der Waals surface area contributed by atoms with Gasteiger partial charge >= 0.3 is 0 Å². The fraction of sp³-hybridized carbons (Fsp3) is 0.0588. The van der Waals surface area contributed by atoms with E-state index in [-0.39, 0.29) is 5.82 Å². The molecular formula is C17H11FN6S2. The van der Waals surface area contributed by atoms with Crippen molar-refractivity contribution in [2.24, 2.45) is 0 Å². The molecule has 1 N–H and O–H groups in total. The zero-order chi connectivity index (χ0) is 17.5. The monoisotopic (exact) mass is 382 g/mol. The van der Waals surface area contributed by atoms with Gasteiger partial charge in [-0.3, -0.25) is 5.10 Å². The van der Waals surface area contributed by atoms with Crippen LogP contribution in [0.2, 0.25) is 0 Å². The van der Waals surface area contributed by atoms with Crippen molar-refractivity contribution in [2.75, 3.05) is 0 Å². The first-order valence-corrected chi connectivity index (χ1v) is 9.51. The number of nitrogens with one attached hydrogen (secondary N) is 1. The molecule has 1 aromatic carbocycles. The van der Waals surface area contributed by atoms with Crippen LogP contribution in [-0.4, -0.2) is 30.0 Å². The molecule has 6 nitrogen and oxygen atoms in total. The van der Waals surface area contributed by atoms with Crippen molar-refractivity contribution < 1.29 is 4.39 Å². The molecule has 0 aliphatic carbocycles. The summed E-state index contributed by atoms with van der Waals surface area (Å²) < 4.78 is 14.8. The minimum Gasteiger partial charge on any atom is -0.274 e. The van der Waals surface area contributed by atoms with Crippen molar-refractivity contribution >= 4 is 27.6 Å². The van der Waals surface area contributed by atoms with Gasteiger partial charge in [-0.25, -0.2) is 4.39 Å². The van der Waals surface area contributed by atoms with E-state index in [1.807, 2.05) is 12.1 Å². The van der Waals surface area contributed by atoms with Crippen molar-refractivity contribution in [3.8, 4) is 22.8 Å². The lowest BCUT2D eigenvalue weighted by atomic mass is 10.1. The number of hydrogen-bond acceptors (Lipinski definition) is 6. The highest BCUT2D eigenvalue weighted by Crippen LogP contribution is 2.26. The summed E-state index contributed by atoms with van der Waals surface area (Å²) >= 11 is 3.24. The molecule has 0 bridgehead atoms. The van der Waals surface area contributed by atoms with E-state index in [0.717, 1.165) is 22.0 Å². The summed E-state index contributed by atoms with van der Waals surface area (Å²) in [6.45, 7) is 0. The molecule has 9 heteroatoms. The second kappa shape index (κ2) is 6.11. The van der Waals surface area contributed by atoms with Crippen LogP contribution in [0.15, 0.2) is 47.8 Å². The predicted octanol–water partition coefficient (Wildman–Crippen LogP) is 4.03. The Morgan fingerprint density at radius 2 is 2.00 bits per heavy atom. The van der Waals surface area contributed by atoms with E-state index >= 15 is 0 Å². The molecule has 0 unspecified atom stereocenters. The average Bonchev–Trinajstić information content (AvgIpc) is 3.40. The quantitative estimate of drug-likeness (QED) is 0.509. The largest absolute Gasteiger partial charge is 0.274 e. The summed E-state index contributed by atoms with van der Waals surface area (Å²) in [5, 5.41) is 23.4. The zero-order valence-corrected chi connectivity index (χ0v) is 14.9. The fourth-order valence-electron chi connectivity index (χ4n) is 2.66. The van der Waals surface area contributed by atoms with Crippen molar-refractivity contribution in [3.05, 3.63) is 63.5 Å². The van der Waals surface area contributed by atoms with Gasteiger partial charge in [0, 0.05) is 16.9 Å². The number of aromatic nitrogens is 6. The van der Waals surface area contributed by atoms with E-state index < -0.39 is 0 Å². The summed E-state index contributed by atoms with van der Waals surface area (Å²) in [6.07, 6.45) is 0.787. The Hall–Kier alpha value is -2.91. The molecule has 0 saturated heterocycles. The smallest absolute Gasteiger partial charge is 0.235 e. The highest BCUT2D eigenvalue weighted by atomic mass is 32.1. The van der Waals surface area contributed by atoms with E-state index in [1.54, 1.807) is 28.0 Å². The van der Waals surface area contributed by atoms with E-state index in [4.69, 9.17) is 0 Å². The summed E-state index contributed by atoms with van der Waals surface area (Å²) in [7, 11) is 0. The maximum absolute atomic E-state index is 13.1. The lowest BCUT2D eigenvalue weighted by molar-refractivity contribution is 0.628. The number of thiophene rings is 1. The minimum absolute atomic E-state index is 0.274. The van der Waals surface area contributed by atoms with Crippen LogP contribution in [0.1, 0.15) is 9.88 Å². The van der Waals surface area contributed by atoms with Gasteiger partial charge in [0.2, 0.25) is 10.8 Å². The molecule has 0 amide bonds. The highest BCUT2D eigenvalue weighted by Gasteiger charge is 2.16. The first-order valence-electron chi connectivity index (χ1n) is 7.81. The Balaban J connectivity index is 1.49. The molecule has 0 aliphatic rings. The van der Waals surface area contributed by atoms with Crippen LogP contribution in [-0.2, 0) is 6.42 Å². The maximum Gasteiger partial charge on any atom is 0.235 e. The summed E-state index contributed by atoms with van der Waals surface area (Å²) in [6, 6.07) is 12.2. The van der Waals surface area contributed by atoms with Crippen molar-refractivity contribution in [1.82, 2.24) is 30.0 Å². The second-order valence-corrected chi connectivity index (χ2v) is 7.72. The Morgan fingerprint density at radius 1 is 1.12 bits per heavy atom. The second-order valence-electron chi connectivity index (χ2n) is 5.64. The molecule has 26 heavy (non-hydrogen) atoms. The molecule has 0 fully saturated rings. The molecular weight excluding hydrogens is 371 g/mol. The predicted molar refractivity (Wildman–Crippen MR) is 98.8 cm³/mol. The number of benzene rings is 1. The average molecular weight is 382 g/mol.